The quantitative estimate of drug-likeness (QED) is 0.157. The molecule has 0 aliphatic carbocycles. The summed E-state index contributed by atoms with van der Waals surface area (Å²) in [7, 11) is 0. The lowest BCUT2D eigenvalue weighted by Crippen LogP contribution is -2.63. The van der Waals surface area contributed by atoms with Crippen LogP contribution in [0.3, 0.4) is 0 Å². The fraction of sp³-hybridized carbons (Fsp3) is 0.700. The van der Waals surface area contributed by atoms with E-state index in [1.54, 1.807) is 0 Å². The second-order valence-corrected chi connectivity index (χ2v) is 7.35. The number of esters is 1. The molecule has 0 amide bonds. The zero-order chi connectivity index (χ0) is 27.5. The van der Waals surface area contributed by atoms with Gasteiger partial charge in [0.15, 0.2) is 11.2 Å². The first-order valence-corrected chi connectivity index (χ1v) is 10.2. The standard InChI is InChI=1S/C12H20O7.C8H12O7/c1-4-7(8(13)14)12(19,10(17)18)11(5-2,6-3)9(15)16;1-2-15-6(11)4-8(14,7(12)13)3-5(9)10/h7,19H,4-6H2,1-3H3,(H,13,14)(H,15,16)(H,17,18);14H,2-4H2,1H3,(H,9,10)(H,12,13). The molecule has 14 heteroatoms. The van der Waals surface area contributed by atoms with Gasteiger partial charge in [0.25, 0.3) is 0 Å². The Morgan fingerprint density at radius 2 is 1.21 bits per heavy atom. The minimum Gasteiger partial charge on any atom is -0.481 e. The lowest BCUT2D eigenvalue weighted by molar-refractivity contribution is -0.205. The van der Waals surface area contributed by atoms with Gasteiger partial charge in [0.1, 0.15) is 5.41 Å². The molecule has 0 rings (SSSR count). The summed E-state index contributed by atoms with van der Waals surface area (Å²) < 4.78 is 4.41. The van der Waals surface area contributed by atoms with Crippen LogP contribution in [-0.2, 0) is 33.5 Å². The Labute approximate surface area is 194 Å². The first-order valence-electron chi connectivity index (χ1n) is 10.2. The van der Waals surface area contributed by atoms with Gasteiger partial charge in [-0.1, -0.05) is 20.8 Å². The van der Waals surface area contributed by atoms with E-state index < -0.39 is 71.2 Å². The molecule has 0 aliphatic heterocycles. The van der Waals surface area contributed by atoms with E-state index >= 15 is 0 Å². The third-order valence-electron chi connectivity index (χ3n) is 5.47. The summed E-state index contributed by atoms with van der Waals surface area (Å²) in [5, 5.41) is 64.4. The summed E-state index contributed by atoms with van der Waals surface area (Å²) in [5.41, 5.74) is -7.51. The summed E-state index contributed by atoms with van der Waals surface area (Å²) >= 11 is 0. The zero-order valence-electron chi connectivity index (χ0n) is 19.3. The summed E-state index contributed by atoms with van der Waals surface area (Å²) in [4.78, 5) is 65.8. The number of ether oxygens (including phenoxy) is 1. The molecule has 0 fully saturated rings. The molecule has 0 spiro atoms. The van der Waals surface area contributed by atoms with E-state index in [0.717, 1.165) is 0 Å². The Hall–Kier alpha value is -3.26. The van der Waals surface area contributed by atoms with Crippen molar-refractivity contribution in [2.45, 2.75) is 71.0 Å². The van der Waals surface area contributed by atoms with Crippen molar-refractivity contribution in [2.24, 2.45) is 11.3 Å². The van der Waals surface area contributed by atoms with Gasteiger partial charge in [-0.3, -0.25) is 19.2 Å². The summed E-state index contributed by atoms with van der Waals surface area (Å²) in [6, 6.07) is 0. The van der Waals surface area contributed by atoms with Gasteiger partial charge in [-0.2, -0.15) is 0 Å². The van der Waals surface area contributed by atoms with Gasteiger partial charge in [0.05, 0.1) is 25.4 Å². The maximum atomic E-state index is 11.5. The monoisotopic (exact) mass is 496 g/mol. The van der Waals surface area contributed by atoms with Crippen LogP contribution in [-0.4, -0.2) is 89.4 Å². The average Bonchev–Trinajstić information content (AvgIpc) is 2.68. The predicted molar refractivity (Wildman–Crippen MR) is 111 cm³/mol. The first-order chi connectivity index (χ1) is 15.5. The largest absolute Gasteiger partial charge is 0.481 e. The highest BCUT2D eigenvalue weighted by molar-refractivity contribution is 5.93. The number of rotatable bonds is 14. The Morgan fingerprint density at radius 1 is 0.735 bits per heavy atom. The topological polar surface area (TPSA) is 253 Å². The average molecular weight is 496 g/mol. The fourth-order valence-corrected chi connectivity index (χ4v) is 3.51. The molecular formula is C20H32O14. The van der Waals surface area contributed by atoms with Crippen molar-refractivity contribution in [2.75, 3.05) is 6.61 Å². The molecule has 0 aromatic rings. The molecule has 196 valence electrons. The van der Waals surface area contributed by atoms with Crippen LogP contribution < -0.4 is 0 Å². The smallest absolute Gasteiger partial charge is 0.337 e. The van der Waals surface area contributed by atoms with E-state index in [1.807, 2.05) is 0 Å². The van der Waals surface area contributed by atoms with Crippen molar-refractivity contribution in [3.63, 3.8) is 0 Å². The number of hydrogen-bond donors (Lipinski definition) is 7. The van der Waals surface area contributed by atoms with Crippen LogP contribution in [0.4, 0.5) is 0 Å². The van der Waals surface area contributed by atoms with E-state index in [-0.39, 0.29) is 25.9 Å². The Morgan fingerprint density at radius 3 is 1.44 bits per heavy atom. The van der Waals surface area contributed by atoms with Gasteiger partial charge in [0, 0.05) is 0 Å². The minimum absolute atomic E-state index is 0.0294. The molecule has 3 atom stereocenters. The molecule has 0 aromatic carbocycles. The highest BCUT2D eigenvalue weighted by atomic mass is 16.5. The van der Waals surface area contributed by atoms with Crippen molar-refractivity contribution < 1.29 is 69.2 Å². The number of carboxylic acids is 5. The number of aliphatic hydroxyl groups is 2. The van der Waals surface area contributed by atoms with E-state index in [0.29, 0.717) is 0 Å². The van der Waals surface area contributed by atoms with Gasteiger partial charge in [-0.15, -0.1) is 0 Å². The van der Waals surface area contributed by atoms with Crippen LogP contribution in [0.2, 0.25) is 0 Å². The number of hydrogen-bond acceptors (Lipinski definition) is 9. The van der Waals surface area contributed by atoms with Crippen molar-refractivity contribution in [1.82, 2.24) is 0 Å². The Kier molecular flexibility index (Phi) is 13.0. The molecule has 0 bridgehead atoms. The van der Waals surface area contributed by atoms with Crippen LogP contribution in [0.5, 0.6) is 0 Å². The zero-order valence-corrected chi connectivity index (χ0v) is 19.3. The van der Waals surface area contributed by atoms with Crippen LogP contribution in [0.1, 0.15) is 59.8 Å². The third-order valence-corrected chi connectivity index (χ3v) is 5.47. The summed E-state index contributed by atoms with van der Waals surface area (Å²) in [6.07, 6.45) is -2.51. The molecular weight excluding hydrogens is 464 g/mol. The highest BCUT2D eigenvalue weighted by Gasteiger charge is 2.64. The highest BCUT2D eigenvalue weighted by Crippen LogP contribution is 2.45. The van der Waals surface area contributed by atoms with Gasteiger partial charge < -0.3 is 40.5 Å². The molecule has 34 heavy (non-hydrogen) atoms. The van der Waals surface area contributed by atoms with Crippen molar-refractivity contribution >= 4 is 35.8 Å². The third kappa shape index (κ3) is 7.38. The molecule has 0 saturated heterocycles. The Bertz CT molecular complexity index is 771. The second kappa shape index (κ2) is 13.4. The molecule has 0 aromatic heterocycles. The van der Waals surface area contributed by atoms with E-state index in [9.17, 15) is 49.2 Å². The molecule has 0 saturated carbocycles. The SMILES string of the molecule is CCC(C(=O)O)C(O)(C(=O)O)C(CC)(CC)C(=O)O.CCOC(=O)CC(O)(CC(=O)O)C(=O)O. The van der Waals surface area contributed by atoms with Crippen LogP contribution in [0, 0.1) is 11.3 Å². The van der Waals surface area contributed by atoms with Crippen LogP contribution in [0.15, 0.2) is 0 Å². The number of carbonyl (C=O) groups excluding carboxylic acids is 1. The molecule has 14 nitrogen and oxygen atoms in total. The van der Waals surface area contributed by atoms with Gasteiger partial charge >= 0.3 is 35.8 Å². The fourth-order valence-electron chi connectivity index (χ4n) is 3.51. The molecule has 0 heterocycles. The number of aliphatic carboxylic acids is 5. The van der Waals surface area contributed by atoms with E-state index in [1.165, 1.54) is 27.7 Å². The maximum Gasteiger partial charge on any atom is 0.337 e. The maximum absolute atomic E-state index is 11.5. The summed E-state index contributed by atoms with van der Waals surface area (Å²) in [6.45, 7) is 5.77. The lowest BCUT2D eigenvalue weighted by atomic mass is 9.61. The number of carbonyl (C=O) groups is 6. The summed E-state index contributed by atoms with van der Waals surface area (Å²) in [5.74, 6) is -10.8. The normalized spacial score (nSPS) is 15.4. The Balaban J connectivity index is 0. The van der Waals surface area contributed by atoms with Crippen LogP contribution >= 0.6 is 0 Å². The van der Waals surface area contributed by atoms with Crippen LogP contribution in [0.25, 0.3) is 0 Å². The van der Waals surface area contributed by atoms with Crippen molar-refractivity contribution in [3.8, 4) is 0 Å². The predicted octanol–water partition coefficient (Wildman–Crippen LogP) is 0.0339. The van der Waals surface area contributed by atoms with Gasteiger partial charge in [0.2, 0.25) is 0 Å². The van der Waals surface area contributed by atoms with E-state index in [2.05, 4.69) is 4.74 Å². The number of carboxylic acid groups (broad SMARTS) is 5. The molecule has 0 aliphatic rings. The molecule has 3 unspecified atom stereocenters. The lowest BCUT2D eigenvalue weighted by Gasteiger charge is -2.43. The molecule has 0 radical (unpaired) electrons. The molecule has 7 N–H and O–H groups in total. The van der Waals surface area contributed by atoms with Crippen molar-refractivity contribution in [3.05, 3.63) is 0 Å². The van der Waals surface area contributed by atoms with Crippen molar-refractivity contribution in [1.29, 1.82) is 0 Å². The van der Waals surface area contributed by atoms with Gasteiger partial charge in [-0.25, -0.2) is 9.59 Å². The second-order valence-electron chi connectivity index (χ2n) is 7.35. The minimum atomic E-state index is -2.86. The van der Waals surface area contributed by atoms with E-state index in [4.69, 9.17) is 15.3 Å². The first kappa shape index (κ1) is 32.9. The van der Waals surface area contributed by atoms with Gasteiger partial charge in [-0.05, 0) is 26.2 Å².